The molecule has 162 valence electrons. The molecule has 2 N–H and O–H groups in total. The van der Waals surface area contributed by atoms with E-state index in [4.69, 9.17) is 0 Å². The molecule has 8 heteroatoms. The van der Waals surface area contributed by atoms with Crippen molar-refractivity contribution in [3.05, 3.63) is 29.8 Å². The van der Waals surface area contributed by atoms with Gasteiger partial charge in [0, 0.05) is 37.6 Å². The highest BCUT2D eigenvalue weighted by Gasteiger charge is 2.42. The molecule has 1 heterocycles. The lowest BCUT2D eigenvalue weighted by atomic mass is 10.1. The van der Waals surface area contributed by atoms with Crippen LogP contribution in [-0.4, -0.2) is 55.5 Å². The predicted molar refractivity (Wildman–Crippen MR) is 108 cm³/mol. The number of aliphatic imine (C=N–C) groups is 1. The summed E-state index contributed by atoms with van der Waals surface area (Å²) in [5, 5.41) is 6.92. The molecule has 0 aromatic heterocycles. The summed E-state index contributed by atoms with van der Waals surface area (Å²) >= 11 is 0. The van der Waals surface area contributed by atoms with Crippen molar-refractivity contribution in [2.45, 2.75) is 63.9 Å². The Morgan fingerprint density at radius 1 is 1.17 bits per heavy atom. The van der Waals surface area contributed by atoms with Gasteiger partial charge in [0.2, 0.25) is 0 Å². The van der Waals surface area contributed by atoms with Crippen LogP contribution in [0.3, 0.4) is 0 Å². The van der Waals surface area contributed by atoms with Crippen LogP contribution >= 0.6 is 0 Å². The number of alkyl halides is 3. The van der Waals surface area contributed by atoms with Crippen molar-refractivity contribution in [3.63, 3.8) is 0 Å². The van der Waals surface area contributed by atoms with Crippen molar-refractivity contribution in [2.24, 2.45) is 4.99 Å². The van der Waals surface area contributed by atoms with Crippen LogP contribution in [0.5, 0.6) is 5.75 Å². The zero-order chi connectivity index (χ0) is 20.9. The molecule has 2 unspecified atom stereocenters. The third-order valence-electron chi connectivity index (χ3n) is 5.44. The van der Waals surface area contributed by atoms with Crippen molar-refractivity contribution in [2.75, 3.05) is 26.2 Å². The van der Waals surface area contributed by atoms with E-state index in [2.05, 4.69) is 32.2 Å². The molecule has 1 aliphatic carbocycles. The molecule has 0 spiro atoms. The maximum atomic E-state index is 12.7. The second kappa shape index (κ2) is 9.69. The molecule has 1 saturated heterocycles. The van der Waals surface area contributed by atoms with E-state index in [0.29, 0.717) is 18.2 Å². The van der Waals surface area contributed by atoms with Crippen molar-refractivity contribution >= 4 is 5.96 Å². The number of nitrogens with zero attached hydrogens (tertiary/aromatic N) is 2. The van der Waals surface area contributed by atoms with Crippen LogP contribution < -0.4 is 15.4 Å². The number of ether oxygens (including phenoxy) is 1. The van der Waals surface area contributed by atoms with Gasteiger partial charge in [-0.25, -0.2) is 0 Å². The third kappa shape index (κ3) is 6.52. The molecular formula is C21H31F3N4O. The first kappa shape index (κ1) is 21.7. The van der Waals surface area contributed by atoms with Crippen molar-refractivity contribution in [1.82, 2.24) is 15.5 Å². The average Bonchev–Trinajstić information content (AvgIpc) is 3.42. The van der Waals surface area contributed by atoms with Gasteiger partial charge in [0.1, 0.15) is 5.75 Å². The average molecular weight is 413 g/mol. The van der Waals surface area contributed by atoms with Gasteiger partial charge in [-0.1, -0.05) is 25.1 Å². The Bertz CT molecular complexity index is 687. The molecule has 1 aromatic carbocycles. The topological polar surface area (TPSA) is 48.9 Å². The SMILES string of the molecule is CCCN1CCC(NC(=NCC)NC2CC2c2ccccc2OC(F)(F)F)CC1. The Morgan fingerprint density at radius 3 is 2.55 bits per heavy atom. The quantitative estimate of drug-likeness (QED) is 0.527. The van der Waals surface area contributed by atoms with Gasteiger partial charge >= 0.3 is 6.36 Å². The van der Waals surface area contributed by atoms with Gasteiger partial charge in [-0.3, -0.25) is 4.99 Å². The van der Waals surface area contributed by atoms with Crippen LogP contribution in [0, 0.1) is 0 Å². The predicted octanol–water partition coefficient (Wildman–Crippen LogP) is 3.87. The van der Waals surface area contributed by atoms with E-state index in [0.717, 1.165) is 44.9 Å². The lowest BCUT2D eigenvalue weighted by molar-refractivity contribution is -0.274. The van der Waals surface area contributed by atoms with Gasteiger partial charge in [0.15, 0.2) is 5.96 Å². The number of benzene rings is 1. The first-order chi connectivity index (χ1) is 13.9. The molecule has 0 amide bonds. The Morgan fingerprint density at radius 2 is 1.90 bits per heavy atom. The largest absolute Gasteiger partial charge is 0.573 e. The van der Waals surface area contributed by atoms with Crippen LogP contribution in [0.2, 0.25) is 0 Å². The minimum absolute atomic E-state index is 0.0104. The molecule has 3 rings (SSSR count). The first-order valence-corrected chi connectivity index (χ1v) is 10.5. The molecule has 1 saturated carbocycles. The van der Waals surface area contributed by atoms with Gasteiger partial charge in [-0.05, 0) is 50.8 Å². The highest BCUT2D eigenvalue weighted by atomic mass is 19.4. The maximum Gasteiger partial charge on any atom is 0.573 e. The van der Waals surface area contributed by atoms with Gasteiger partial charge < -0.3 is 20.3 Å². The number of guanidine groups is 1. The molecule has 2 fully saturated rings. The lowest BCUT2D eigenvalue weighted by Crippen LogP contribution is -2.49. The highest BCUT2D eigenvalue weighted by Crippen LogP contribution is 2.45. The Kier molecular flexibility index (Phi) is 7.27. The summed E-state index contributed by atoms with van der Waals surface area (Å²) in [7, 11) is 0. The van der Waals surface area contributed by atoms with E-state index in [-0.39, 0.29) is 17.7 Å². The fourth-order valence-electron chi connectivity index (χ4n) is 3.98. The van der Waals surface area contributed by atoms with Gasteiger partial charge in [0.25, 0.3) is 0 Å². The van der Waals surface area contributed by atoms with E-state index in [9.17, 15) is 13.2 Å². The zero-order valence-electron chi connectivity index (χ0n) is 17.1. The number of hydrogen-bond donors (Lipinski definition) is 2. The molecular weight excluding hydrogens is 381 g/mol. The third-order valence-corrected chi connectivity index (χ3v) is 5.44. The summed E-state index contributed by atoms with van der Waals surface area (Å²) in [4.78, 5) is 7.02. The fraction of sp³-hybridized carbons (Fsp3) is 0.667. The zero-order valence-corrected chi connectivity index (χ0v) is 17.1. The lowest BCUT2D eigenvalue weighted by Gasteiger charge is -2.33. The molecule has 0 bridgehead atoms. The number of hydrogen-bond acceptors (Lipinski definition) is 3. The van der Waals surface area contributed by atoms with Crippen LogP contribution in [0.1, 0.15) is 51.0 Å². The van der Waals surface area contributed by atoms with Gasteiger partial charge in [0.05, 0.1) is 0 Å². The molecule has 2 atom stereocenters. The van der Waals surface area contributed by atoms with E-state index in [1.54, 1.807) is 18.2 Å². The van der Waals surface area contributed by atoms with E-state index < -0.39 is 6.36 Å². The minimum Gasteiger partial charge on any atom is -0.405 e. The van der Waals surface area contributed by atoms with Gasteiger partial charge in [-0.2, -0.15) is 0 Å². The molecule has 2 aliphatic rings. The van der Waals surface area contributed by atoms with E-state index >= 15 is 0 Å². The summed E-state index contributed by atoms with van der Waals surface area (Å²) in [5.74, 6) is 0.631. The number of halogens is 3. The maximum absolute atomic E-state index is 12.7. The normalized spacial score (nSPS) is 23.7. The molecule has 0 radical (unpaired) electrons. The first-order valence-electron chi connectivity index (χ1n) is 10.5. The van der Waals surface area contributed by atoms with Crippen LogP contribution in [0.25, 0.3) is 0 Å². The Balaban J connectivity index is 1.55. The monoisotopic (exact) mass is 412 g/mol. The number of rotatable bonds is 7. The standard InChI is InChI=1S/C21H31F3N4O/c1-3-11-28-12-9-15(10-13-28)26-20(25-4-2)27-18-14-17(18)16-7-5-6-8-19(16)29-21(22,23)24/h5-8,15,17-18H,3-4,9-14H2,1-2H3,(H2,25,26,27). The molecule has 5 nitrogen and oxygen atoms in total. The summed E-state index contributed by atoms with van der Waals surface area (Å²) in [6.45, 7) is 8.13. The summed E-state index contributed by atoms with van der Waals surface area (Å²) in [5.41, 5.74) is 0.589. The van der Waals surface area contributed by atoms with Crippen LogP contribution in [0.4, 0.5) is 13.2 Å². The molecule has 1 aliphatic heterocycles. The van der Waals surface area contributed by atoms with Crippen LogP contribution in [-0.2, 0) is 0 Å². The summed E-state index contributed by atoms with van der Waals surface area (Å²) in [6, 6.07) is 6.83. The van der Waals surface area contributed by atoms with E-state index in [1.165, 1.54) is 12.5 Å². The Labute approximate surface area is 170 Å². The number of nitrogens with one attached hydrogen (secondary N) is 2. The second-order valence-corrected chi connectivity index (χ2v) is 7.76. The van der Waals surface area contributed by atoms with E-state index in [1.807, 2.05) is 6.92 Å². The second-order valence-electron chi connectivity index (χ2n) is 7.76. The smallest absolute Gasteiger partial charge is 0.405 e. The molecule has 29 heavy (non-hydrogen) atoms. The van der Waals surface area contributed by atoms with Crippen molar-refractivity contribution in [3.8, 4) is 5.75 Å². The molecule has 1 aromatic rings. The summed E-state index contributed by atoms with van der Waals surface area (Å²) in [6.07, 6.45) is -0.610. The van der Waals surface area contributed by atoms with Gasteiger partial charge in [-0.15, -0.1) is 13.2 Å². The minimum atomic E-state index is -4.68. The highest BCUT2D eigenvalue weighted by molar-refractivity contribution is 5.81. The number of para-hydroxylation sites is 1. The van der Waals surface area contributed by atoms with Crippen molar-refractivity contribution in [1.29, 1.82) is 0 Å². The van der Waals surface area contributed by atoms with Crippen LogP contribution in [0.15, 0.2) is 29.3 Å². The number of piperidine rings is 1. The van der Waals surface area contributed by atoms with Crippen molar-refractivity contribution < 1.29 is 17.9 Å². The summed E-state index contributed by atoms with van der Waals surface area (Å²) < 4.78 is 42.2. The fourth-order valence-corrected chi connectivity index (χ4v) is 3.98. The Hall–Kier alpha value is -1.96. The number of likely N-dealkylation sites (tertiary alicyclic amines) is 1.